The third-order valence-electron chi connectivity index (χ3n) is 4.20. The summed E-state index contributed by atoms with van der Waals surface area (Å²) in [4.78, 5) is 11.4. The summed E-state index contributed by atoms with van der Waals surface area (Å²) < 4.78 is 5.13. The van der Waals surface area contributed by atoms with Gasteiger partial charge in [-0.15, -0.1) is 0 Å². The van der Waals surface area contributed by atoms with Crippen LogP contribution in [0.3, 0.4) is 0 Å². The van der Waals surface area contributed by atoms with E-state index in [1.807, 2.05) is 0 Å². The smallest absolute Gasteiger partial charge is 0.309 e. The minimum atomic E-state index is 0.119. The number of hydrogen-bond donors (Lipinski definition) is 0. The minimum absolute atomic E-state index is 0.119. The van der Waals surface area contributed by atoms with Gasteiger partial charge in [0.1, 0.15) is 0 Å². The van der Waals surface area contributed by atoms with Crippen LogP contribution < -0.4 is 0 Å². The van der Waals surface area contributed by atoms with Crippen LogP contribution in [0, 0.1) is 23.7 Å². The normalized spacial score (nSPS) is 56.0. The summed E-state index contributed by atoms with van der Waals surface area (Å²) in [5.41, 5.74) is 0.905. The fraction of sp³-hybridized carbons (Fsp3) is 0.889. The molecule has 1 heterocycles. The van der Waals surface area contributed by atoms with Crippen LogP contribution in [-0.2, 0) is 9.53 Å². The lowest BCUT2D eigenvalue weighted by Gasteiger charge is -2.25. The van der Waals surface area contributed by atoms with Gasteiger partial charge >= 0.3 is 5.97 Å². The van der Waals surface area contributed by atoms with Crippen molar-refractivity contribution in [2.24, 2.45) is 23.7 Å². The first-order valence-electron chi connectivity index (χ1n) is 4.94. The lowest BCUT2D eigenvalue weighted by Crippen LogP contribution is -2.26. The Morgan fingerprint density at radius 3 is 3.00 bits per heavy atom. The first kappa shape index (κ1) is 7.13. The lowest BCUT2D eigenvalue weighted by atomic mass is 9.81. The lowest BCUT2D eigenvalue weighted by molar-refractivity contribution is -0.142. The number of cyclic esters (lactones) is 1. The van der Waals surface area contributed by atoms with Crippen LogP contribution in [0.25, 0.3) is 0 Å². The van der Waals surface area contributed by atoms with E-state index < -0.39 is 0 Å². The zero-order chi connectivity index (χ0) is 8.29. The van der Waals surface area contributed by atoms with Gasteiger partial charge in [-0.05, 0) is 18.3 Å². The molecule has 1 aliphatic heterocycles. The molecule has 0 aromatic carbocycles. The van der Waals surface area contributed by atoms with Gasteiger partial charge in [-0.25, -0.2) is 0 Å². The molecule has 2 aliphatic carbocycles. The number of carbonyl (C=O) groups is 1. The highest BCUT2D eigenvalue weighted by molar-refractivity contribution is 6.12. The van der Waals surface area contributed by atoms with Crippen LogP contribution in [0.1, 0.15) is 12.8 Å². The minimum Gasteiger partial charge on any atom is -0.465 e. The van der Waals surface area contributed by atoms with Gasteiger partial charge in [0.15, 0.2) is 0 Å². The standard InChI is InChI=1S/C9H14O2Si/c10-9-8-5-1-4(2-7(5)12)6(8)3-11-9/h4-8H,1-3H2,12H3. The van der Waals surface area contributed by atoms with Gasteiger partial charge in [0.2, 0.25) is 0 Å². The third kappa shape index (κ3) is 0.684. The predicted molar refractivity (Wildman–Crippen MR) is 47.8 cm³/mol. The number of rotatable bonds is 0. The van der Waals surface area contributed by atoms with Crippen LogP contribution in [0.4, 0.5) is 0 Å². The van der Waals surface area contributed by atoms with E-state index in [0.29, 0.717) is 11.8 Å². The second kappa shape index (κ2) is 2.13. The van der Waals surface area contributed by atoms with Gasteiger partial charge in [0.05, 0.1) is 12.5 Å². The van der Waals surface area contributed by atoms with E-state index in [2.05, 4.69) is 0 Å². The van der Waals surface area contributed by atoms with Gasteiger partial charge in [-0.2, -0.15) is 0 Å². The van der Waals surface area contributed by atoms with E-state index in [-0.39, 0.29) is 5.97 Å². The highest BCUT2D eigenvalue weighted by Gasteiger charge is 2.57. The number of fused-ring (bicyclic) bond motifs is 5. The summed E-state index contributed by atoms with van der Waals surface area (Å²) in [5, 5.41) is 0. The molecular formula is C9H14O2Si. The van der Waals surface area contributed by atoms with Gasteiger partial charge < -0.3 is 4.74 Å². The Morgan fingerprint density at radius 1 is 1.33 bits per heavy atom. The molecule has 0 radical (unpaired) electrons. The molecule has 12 heavy (non-hydrogen) atoms. The van der Waals surface area contributed by atoms with Crippen LogP contribution in [0.5, 0.6) is 0 Å². The summed E-state index contributed by atoms with van der Waals surface area (Å²) in [6, 6.07) is 0. The molecule has 0 aromatic heterocycles. The second-order valence-corrected chi connectivity index (χ2v) is 6.18. The summed E-state index contributed by atoms with van der Waals surface area (Å²) >= 11 is 0. The molecule has 5 atom stereocenters. The van der Waals surface area contributed by atoms with Crippen LogP contribution in [-0.4, -0.2) is 22.8 Å². The molecule has 66 valence electrons. The molecule has 1 saturated heterocycles. The van der Waals surface area contributed by atoms with Crippen LogP contribution in [0.15, 0.2) is 0 Å². The van der Waals surface area contributed by atoms with E-state index in [0.717, 1.165) is 24.0 Å². The van der Waals surface area contributed by atoms with Crippen molar-refractivity contribution in [3.05, 3.63) is 0 Å². The maximum atomic E-state index is 11.4. The maximum Gasteiger partial charge on any atom is 0.309 e. The Morgan fingerprint density at radius 2 is 2.17 bits per heavy atom. The van der Waals surface area contributed by atoms with E-state index in [1.165, 1.54) is 23.1 Å². The van der Waals surface area contributed by atoms with Crippen molar-refractivity contribution in [1.29, 1.82) is 0 Å². The number of ether oxygens (including phenoxy) is 1. The van der Waals surface area contributed by atoms with Crippen molar-refractivity contribution >= 4 is 16.2 Å². The number of carbonyl (C=O) groups excluding carboxylic acids is 1. The highest BCUT2D eigenvalue weighted by Crippen LogP contribution is 2.58. The van der Waals surface area contributed by atoms with Crippen LogP contribution >= 0.6 is 0 Å². The van der Waals surface area contributed by atoms with Crippen molar-refractivity contribution in [1.82, 2.24) is 0 Å². The molecule has 0 spiro atoms. The molecule has 0 amide bonds. The van der Waals surface area contributed by atoms with Crippen molar-refractivity contribution in [2.45, 2.75) is 18.4 Å². The molecule has 0 N–H and O–H groups in total. The Balaban J connectivity index is 1.95. The molecule has 3 heteroatoms. The third-order valence-corrected chi connectivity index (χ3v) is 5.53. The fourth-order valence-electron chi connectivity index (χ4n) is 3.66. The van der Waals surface area contributed by atoms with E-state index in [9.17, 15) is 4.79 Å². The first-order chi connectivity index (χ1) is 5.77. The molecule has 2 bridgehead atoms. The Hall–Kier alpha value is -0.313. The molecule has 3 aliphatic rings. The van der Waals surface area contributed by atoms with Crippen molar-refractivity contribution < 1.29 is 9.53 Å². The van der Waals surface area contributed by atoms with E-state index in [4.69, 9.17) is 4.74 Å². The van der Waals surface area contributed by atoms with Gasteiger partial charge in [-0.3, -0.25) is 4.79 Å². The average molecular weight is 182 g/mol. The number of hydrogen-bond acceptors (Lipinski definition) is 2. The highest BCUT2D eigenvalue weighted by atomic mass is 28.1. The maximum absolute atomic E-state index is 11.4. The topological polar surface area (TPSA) is 26.3 Å². The van der Waals surface area contributed by atoms with Crippen LogP contribution in [0.2, 0.25) is 5.54 Å². The Labute approximate surface area is 75.1 Å². The van der Waals surface area contributed by atoms with E-state index in [1.54, 1.807) is 0 Å². The summed E-state index contributed by atoms with van der Waals surface area (Å²) in [6.45, 7) is 0.735. The van der Waals surface area contributed by atoms with Crippen molar-refractivity contribution in [2.75, 3.05) is 6.61 Å². The Bertz CT molecular complexity index is 241. The molecule has 3 rings (SSSR count). The molecule has 2 saturated carbocycles. The molecule has 2 nitrogen and oxygen atoms in total. The second-order valence-electron chi connectivity index (χ2n) is 4.69. The molecule has 3 fully saturated rings. The molecule has 0 aromatic rings. The largest absolute Gasteiger partial charge is 0.465 e. The Kier molecular flexibility index (Phi) is 1.27. The van der Waals surface area contributed by atoms with Gasteiger partial charge in [-0.1, -0.05) is 12.0 Å². The van der Waals surface area contributed by atoms with E-state index >= 15 is 0 Å². The zero-order valence-corrected chi connectivity index (χ0v) is 9.32. The fourth-order valence-corrected chi connectivity index (χ4v) is 4.95. The van der Waals surface area contributed by atoms with Crippen molar-refractivity contribution in [3.8, 4) is 0 Å². The summed E-state index contributed by atoms with van der Waals surface area (Å²) in [5.74, 6) is 2.63. The quantitative estimate of drug-likeness (QED) is 0.388. The number of esters is 1. The molecular weight excluding hydrogens is 168 g/mol. The summed E-state index contributed by atoms with van der Waals surface area (Å²) in [6.07, 6.45) is 2.73. The monoisotopic (exact) mass is 182 g/mol. The predicted octanol–water partition coefficient (Wildman–Crippen LogP) is -0.0307. The average Bonchev–Trinajstić information content (AvgIpc) is 2.62. The van der Waals surface area contributed by atoms with Gasteiger partial charge in [0, 0.05) is 16.2 Å². The summed E-state index contributed by atoms with van der Waals surface area (Å²) in [7, 11) is 1.27. The van der Waals surface area contributed by atoms with Crippen molar-refractivity contribution in [3.63, 3.8) is 0 Å². The molecule has 5 unspecified atom stereocenters. The first-order valence-corrected chi connectivity index (χ1v) is 6.09. The van der Waals surface area contributed by atoms with Gasteiger partial charge in [0.25, 0.3) is 0 Å². The zero-order valence-electron chi connectivity index (χ0n) is 7.32. The SMILES string of the molecule is O=C1OCC2C3CC([SiH3])C(C3)C12.